The van der Waals surface area contributed by atoms with Crippen molar-refractivity contribution in [1.82, 2.24) is 9.80 Å². The number of benzene rings is 3. The molecule has 0 spiro atoms. The predicted molar refractivity (Wildman–Crippen MR) is 169 cm³/mol. The number of nitrogens with two attached hydrogens (primary N) is 1. The van der Waals surface area contributed by atoms with Crippen LogP contribution in [-0.2, 0) is 17.7 Å². The smallest absolute Gasteiger partial charge is 0.411 e. The van der Waals surface area contributed by atoms with Crippen LogP contribution in [0.25, 0.3) is 0 Å². The van der Waals surface area contributed by atoms with Gasteiger partial charge in [-0.05, 0) is 85.3 Å². The van der Waals surface area contributed by atoms with Crippen LogP contribution >= 0.6 is 0 Å². The summed E-state index contributed by atoms with van der Waals surface area (Å²) in [6, 6.07) is 13.8. The van der Waals surface area contributed by atoms with Crippen molar-refractivity contribution in [2.75, 3.05) is 32.1 Å². The molecule has 0 unspecified atom stereocenters. The maximum Gasteiger partial charge on any atom is 0.411 e. The van der Waals surface area contributed by atoms with Crippen molar-refractivity contribution in [2.24, 2.45) is 5.73 Å². The van der Waals surface area contributed by atoms with E-state index in [-0.39, 0.29) is 36.5 Å². The molecule has 3 aromatic carbocycles. The molecule has 11 heteroatoms. The molecule has 45 heavy (non-hydrogen) atoms. The second-order valence-electron chi connectivity index (χ2n) is 11.1. The van der Waals surface area contributed by atoms with Gasteiger partial charge in [-0.2, -0.15) is 0 Å². The monoisotopic (exact) mass is 624 g/mol. The summed E-state index contributed by atoms with van der Waals surface area (Å²) in [4.78, 5) is 42.4. The molecular weight excluding hydrogens is 582 g/mol. The van der Waals surface area contributed by atoms with Crippen molar-refractivity contribution in [2.45, 2.75) is 58.7 Å². The summed E-state index contributed by atoms with van der Waals surface area (Å²) >= 11 is 0. The largest absolute Gasteiger partial charge is 0.453 e. The van der Waals surface area contributed by atoms with E-state index in [4.69, 9.17) is 5.73 Å². The molecule has 3 aromatic rings. The minimum atomic E-state index is -1.27. The van der Waals surface area contributed by atoms with Crippen molar-refractivity contribution in [1.29, 1.82) is 0 Å². The Labute approximate surface area is 263 Å². The second-order valence-corrected chi connectivity index (χ2v) is 11.1. The van der Waals surface area contributed by atoms with Gasteiger partial charge in [0, 0.05) is 55.1 Å². The number of aryl methyl sites for hydroxylation is 1. The SMILES string of the molecule is CCCN(CCC)C(=O)c1cc(C)cc(C(=O)N(Cc2cccc(NC(=O)OC)c2)C[C@@H](O)[C@@H](N)Cc2cc(F)cc(F)c2)c1. The van der Waals surface area contributed by atoms with Crippen LogP contribution in [0.4, 0.5) is 19.3 Å². The van der Waals surface area contributed by atoms with E-state index in [2.05, 4.69) is 10.1 Å². The number of rotatable bonds is 14. The van der Waals surface area contributed by atoms with Crippen molar-refractivity contribution in [3.8, 4) is 0 Å². The fraction of sp³-hybridized carbons (Fsp3) is 0.382. The molecule has 9 nitrogen and oxygen atoms in total. The highest BCUT2D eigenvalue weighted by Crippen LogP contribution is 2.20. The summed E-state index contributed by atoms with van der Waals surface area (Å²) in [5.74, 6) is -2.15. The van der Waals surface area contributed by atoms with Gasteiger partial charge in [0.1, 0.15) is 11.6 Å². The number of hydrogen-bond acceptors (Lipinski definition) is 6. The molecule has 2 atom stereocenters. The number of carbonyl (C=O) groups is 3. The van der Waals surface area contributed by atoms with Crippen LogP contribution in [0.2, 0.25) is 0 Å². The molecule has 0 bridgehead atoms. The van der Waals surface area contributed by atoms with E-state index in [0.717, 1.165) is 31.0 Å². The zero-order chi connectivity index (χ0) is 33.1. The fourth-order valence-electron chi connectivity index (χ4n) is 5.10. The number of anilines is 1. The number of aliphatic hydroxyl groups excluding tert-OH is 1. The molecule has 3 amide bonds. The minimum Gasteiger partial charge on any atom is -0.453 e. The highest BCUT2D eigenvalue weighted by molar-refractivity contribution is 6.00. The number of methoxy groups -OCH3 is 1. The number of halogens is 2. The van der Waals surface area contributed by atoms with E-state index >= 15 is 0 Å². The Hall–Kier alpha value is -4.35. The fourth-order valence-corrected chi connectivity index (χ4v) is 5.10. The number of nitrogens with one attached hydrogen (secondary N) is 1. The molecule has 0 aliphatic rings. The Kier molecular flexibility index (Phi) is 13.0. The summed E-state index contributed by atoms with van der Waals surface area (Å²) in [6.45, 7) is 6.76. The van der Waals surface area contributed by atoms with E-state index in [9.17, 15) is 28.3 Å². The van der Waals surface area contributed by atoms with Crippen LogP contribution in [-0.4, -0.2) is 71.7 Å². The summed E-state index contributed by atoms with van der Waals surface area (Å²) in [7, 11) is 1.24. The molecule has 4 N–H and O–H groups in total. The number of ether oxygens (including phenoxy) is 1. The highest BCUT2D eigenvalue weighted by atomic mass is 19.1. The molecule has 0 saturated carbocycles. The Balaban J connectivity index is 1.94. The third-order valence-electron chi connectivity index (χ3n) is 7.16. The Bertz CT molecular complexity index is 1460. The first-order chi connectivity index (χ1) is 21.4. The van der Waals surface area contributed by atoms with Gasteiger partial charge in [-0.15, -0.1) is 0 Å². The van der Waals surface area contributed by atoms with Crippen LogP contribution < -0.4 is 11.1 Å². The Morgan fingerprint density at radius 2 is 1.49 bits per heavy atom. The van der Waals surface area contributed by atoms with E-state index in [1.807, 2.05) is 13.8 Å². The van der Waals surface area contributed by atoms with Crippen molar-refractivity contribution >= 4 is 23.6 Å². The maximum absolute atomic E-state index is 14.1. The molecule has 0 aliphatic carbocycles. The lowest BCUT2D eigenvalue weighted by Crippen LogP contribution is -2.46. The van der Waals surface area contributed by atoms with E-state index in [1.165, 1.54) is 12.0 Å². The van der Waals surface area contributed by atoms with E-state index in [0.29, 0.717) is 35.5 Å². The van der Waals surface area contributed by atoms with Gasteiger partial charge in [-0.3, -0.25) is 14.9 Å². The van der Waals surface area contributed by atoms with Gasteiger partial charge < -0.3 is 25.4 Å². The van der Waals surface area contributed by atoms with Gasteiger partial charge in [0.05, 0.1) is 13.2 Å². The van der Waals surface area contributed by atoms with Gasteiger partial charge in [0.15, 0.2) is 0 Å². The Morgan fingerprint density at radius 3 is 2.07 bits per heavy atom. The standard InChI is InChI=1S/C34H42F2N4O5/c1-5-10-39(11-6-2)32(42)25-12-22(3)13-26(18-25)33(43)40(20-23-8-7-9-29(16-23)38-34(44)45-4)21-31(41)30(37)17-24-14-27(35)19-28(36)15-24/h7-9,12-16,18-19,30-31,41H,5-6,10-11,17,20-21,37H2,1-4H3,(H,38,44)/t30-,31+/m0/s1. The molecule has 0 saturated heterocycles. The van der Waals surface area contributed by atoms with Gasteiger partial charge in [-0.1, -0.05) is 26.0 Å². The summed E-state index contributed by atoms with van der Waals surface area (Å²) in [5, 5.41) is 13.7. The molecule has 0 aromatic heterocycles. The first-order valence-corrected chi connectivity index (χ1v) is 15.0. The lowest BCUT2D eigenvalue weighted by atomic mass is 10.00. The van der Waals surface area contributed by atoms with Crippen molar-refractivity contribution < 1.29 is 33.0 Å². The average molecular weight is 625 g/mol. The first kappa shape index (κ1) is 35.1. The predicted octanol–water partition coefficient (Wildman–Crippen LogP) is 5.29. The van der Waals surface area contributed by atoms with Gasteiger partial charge in [0.25, 0.3) is 11.8 Å². The van der Waals surface area contributed by atoms with Crippen LogP contribution in [0.15, 0.2) is 60.7 Å². The van der Waals surface area contributed by atoms with Crippen LogP contribution in [0.3, 0.4) is 0 Å². The van der Waals surface area contributed by atoms with Gasteiger partial charge >= 0.3 is 6.09 Å². The van der Waals surface area contributed by atoms with E-state index in [1.54, 1.807) is 54.3 Å². The molecule has 0 fully saturated rings. The summed E-state index contributed by atoms with van der Waals surface area (Å²) in [6.07, 6.45) is -0.382. The topological polar surface area (TPSA) is 125 Å². The van der Waals surface area contributed by atoms with E-state index < -0.39 is 35.8 Å². The maximum atomic E-state index is 14.1. The Morgan fingerprint density at radius 1 is 0.889 bits per heavy atom. The lowest BCUT2D eigenvalue weighted by Gasteiger charge is -2.29. The second kappa shape index (κ2) is 16.6. The zero-order valence-electron chi connectivity index (χ0n) is 26.2. The van der Waals surface area contributed by atoms with Crippen molar-refractivity contribution in [3.63, 3.8) is 0 Å². The summed E-state index contributed by atoms with van der Waals surface area (Å²) < 4.78 is 32.2. The van der Waals surface area contributed by atoms with Crippen LogP contribution in [0, 0.1) is 18.6 Å². The number of amides is 3. The minimum absolute atomic E-state index is 0.0168. The van der Waals surface area contributed by atoms with Crippen LogP contribution in [0.1, 0.15) is 64.1 Å². The third-order valence-corrected chi connectivity index (χ3v) is 7.16. The summed E-state index contributed by atoms with van der Waals surface area (Å²) in [5.41, 5.74) is 8.95. The normalized spacial score (nSPS) is 12.3. The lowest BCUT2D eigenvalue weighted by molar-refractivity contribution is 0.0554. The number of aliphatic hydroxyl groups is 1. The number of nitrogens with zero attached hydrogens (tertiary/aromatic N) is 2. The molecule has 0 radical (unpaired) electrons. The van der Waals surface area contributed by atoms with Gasteiger partial charge in [-0.25, -0.2) is 13.6 Å². The molecule has 0 aliphatic heterocycles. The third kappa shape index (κ3) is 10.4. The zero-order valence-corrected chi connectivity index (χ0v) is 26.2. The van der Waals surface area contributed by atoms with Crippen LogP contribution in [0.5, 0.6) is 0 Å². The van der Waals surface area contributed by atoms with Crippen molar-refractivity contribution in [3.05, 3.63) is 100 Å². The molecule has 242 valence electrons. The van der Waals surface area contributed by atoms with Gasteiger partial charge in [0.2, 0.25) is 0 Å². The number of carbonyl (C=O) groups excluding carboxylic acids is 3. The first-order valence-electron chi connectivity index (χ1n) is 15.0. The molecule has 3 rings (SSSR count). The average Bonchev–Trinajstić information content (AvgIpc) is 2.99. The molecular formula is C34H42F2N4O5. The number of hydrogen-bond donors (Lipinski definition) is 3. The quantitative estimate of drug-likeness (QED) is 0.224. The molecule has 0 heterocycles. The highest BCUT2D eigenvalue weighted by Gasteiger charge is 2.26.